The molecule has 0 saturated carbocycles. The predicted octanol–water partition coefficient (Wildman–Crippen LogP) is 1.73. The summed E-state index contributed by atoms with van der Waals surface area (Å²) in [6.07, 6.45) is 1.67. The molecule has 1 aromatic heterocycles. The Morgan fingerprint density at radius 3 is 2.89 bits per heavy atom. The molecule has 0 saturated heterocycles. The summed E-state index contributed by atoms with van der Waals surface area (Å²) < 4.78 is 4.96. The van der Waals surface area contributed by atoms with Gasteiger partial charge in [0.2, 0.25) is 0 Å². The van der Waals surface area contributed by atoms with Crippen molar-refractivity contribution in [2.75, 3.05) is 7.11 Å². The number of aromatic nitrogens is 1. The summed E-state index contributed by atoms with van der Waals surface area (Å²) in [6, 6.07) is 9.95. The Hall–Kier alpha value is -2.56. The normalized spacial score (nSPS) is 9.95. The first-order chi connectivity index (χ1) is 9.20. The Bertz CT molecular complexity index is 570. The molecule has 2 rings (SSSR count). The highest BCUT2D eigenvalue weighted by Crippen LogP contribution is 2.26. The molecule has 0 aliphatic carbocycles. The van der Waals surface area contributed by atoms with Crippen molar-refractivity contribution in [2.24, 2.45) is 0 Å². The van der Waals surface area contributed by atoms with Crippen LogP contribution in [-0.4, -0.2) is 23.1 Å². The minimum atomic E-state index is -0.246. The van der Waals surface area contributed by atoms with E-state index >= 15 is 0 Å². The maximum absolute atomic E-state index is 11.9. The van der Waals surface area contributed by atoms with Crippen LogP contribution in [-0.2, 0) is 6.54 Å². The number of nitrogens with zero attached hydrogens (tertiary/aromatic N) is 1. The van der Waals surface area contributed by atoms with E-state index in [1.54, 1.807) is 6.20 Å². The molecule has 0 atom stereocenters. The number of rotatable bonds is 4. The maximum Gasteiger partial charge on any atom is 0.251 e. The highest BCUT2D eigenvalue weighted by Gasteiger charge is 2.09. The smallest absolute Gasteiger partial charge is 0.251 e. The number of phenolic OH excluding ortho intramolecular Hbond substituents is 1. The van der Waals surface area contributed by atoms with Crippen molar-refractivity contribution in [3.8, 4) is 11.5 Å². The Morgan fingerprint density at radius 2 is 2.21 bits per heavy atom. The topological polar surface area (TPSA) is 71.5 Å². The van der Waals surface area contributed by atoms with E-state index in [4.69, 9.17) is 4.74 Å². The first kappa shape index (κ1) is 12.9. The summed E-state index contributed by atoms with van der Waals surface area (Å²) in [4.78, 5) is 16.0. The lowest BCUT2D eigenvalue weighted by Gasteiger charge is -2.07. The van der Waals surface area contributed by atoms with Crippen LogP contribution in [0.25, 0.3) is 0 Å². The van der Waals surface area contributed by atoms with Crippen LogP contribution in [0.4, 0.5) is 0 Å². The lowest BCUT2D eigenvalue weighted by molar-refractivity contribution is 0.0950. The molecule has 0 aliphatic rings. The second-order valence-electron chi connectivity index (χ2n) is 3.89. The zero-order valence-corrected chi connectivity index (χ0v) is 10.5. The van der Waals surface area contributed by atoms with Crippen LogP contribution in [0.15, 0.2) is 42.6 Å². The number of nitrogens with one attached hydrogen (secondary N) is 1. The van der Waals surface area contributed by atoms with Crippen molar-refractivity contribution in [2.45, 2.75) is 6.54 Å². The average molecular weight is 258 g/mol. The zero-order valence-electron chi connectivity index (χ0n) is 10.5. The fourth-order valence-corrected chi connectivity index (χ4v) is 1.59. The minimum Gasteiger partial charge on any atom is -0.504 e. The molecule has 1 amide bonds. The molecule has 1 aromatic carbocycles. The summed E-state index contributed by atoms with van der Waals surface area (Å²) in [5.41, 5.74) is 1.20. The van der Waals surface area contributed by atoms with Crippen LogP contribution >= 0.6 is 0 Å². The molecule has 0 aliphatic heterocycles. The second-order valence-corrected chi connectivity index (χ2v) is 3.89. The van der Waals surface area contributed by atoms with Gasteiger partial charge >= 0.3 is 0 Å². The van der Waals surface area contributed by atoms with E-state index in [9.17, 15) is 9.90 Å². The number of methoxy groups -OCH3 is 1. The Labute approximate surface area is 110 Å². The van der Waals surface area contributed by atoms with Crippen molar-refractivity contribution < 1.29 is 14.6 Å². The van der Waals surface area contributed by atoms with Gasteiger partial charge in [0.1, 0.15) is 0 Å². The predicted molar refractivity (Wildman–Crippen MR) is 70.1 cm³/mol. The number of ether oxygens (including phenoxy) is 1. The third-order valence-electron chi connectivity index (χ3n) is 2.60. The van der Waals surface area contributed by atoms with E-state index in [-0.39, 0.29) is 17.4 Å². The highest BCUT2D eigenvalue weighted by atomic mass is 16.5. The van der Waals surface area contributed by atoms with Gasteiger partial charge in [0.15, 0.2) is 11.5 Å². The number of pyridine rings is 1. The monoisotopic (exact) mass is 258 g/mol. The third kappa shape index (κ3) is 3.22. The van der Waals surface area contributed by atoms with Crippen molar-refractivity contribution in [3.05, 3.63) is 53.9 Å². The summed E-state index contributed by atoms with van der Waals surface area (Å²) in [5, 5.41) is 12.2. The molecule has 5 nitrogen and oxygen atoms in total. The highest BCUT2D eigenvalue weighted by molar-refractivity contribution is 5.94. The zero-order chi connectivity index (χ0) is 13.7. The molecule has 5 heteroatoms. The van der Waals surface area contributed by atoms with Gasteiger partial charge in [0.25, 0.3) is 5.91 Å². The maximum atomic E-state index is 11.9. The summed E-state index contributed by atoms with van der Waals surface area (Å²) in [7, 11) is 1.44. The summed E-state index contributed by atoms with van der Waals surface area (Å²) >= 11 is 0. The van der Waals surface area contributed by atoms with Crippen molar-refractivity contribution >= 4 is 5.91 Å². The van der Waals surface area contributed by atoms with Crippen LogP contribution in [0.2, 0.25) is 0 Å². The van der Waals surface area contributed by atoms with E-state index < -0.39 is 0 Å². The molecule has 19 heavy (non-hydrogen) atoms. The standard InChI is InChI=1S/C14H14N2O3/c1-19-13-8-10(5-6-12(13)17)14(18)16-9-11-4-2-3-7-15-11/h2-8,17H,9H2,1H3,(H,16,18). The van der Waals surface area contributed by atoms with Crippen LogP contribution in [0.1, 0.15) is 16.1 Å². The molecule has 2 N–H and O–H groups in total. The number of amides is 1. The Kier molecular flexibility index (Phi) is 3.97. The van der Waals surface area contributed by atoms with Gasteiger partial charge in [0.05, 0.1) is 19.3 Å². The number of aromatic hydroxyl groups is 1. The second kappa shape index (κ2) is 5.86. The van der Waals surface area contributed by atoms with Gasteiger partial charge in [-0.1, -0.05) is 6.07 Å². The molecular formula is C14H14N2O3. The molecular weight excluding hydrogens is 244 g/mol. The lowest BCUT2D eigenvalue weighted by atomic mass is 10.2. The van der Waals surface area contributed by atoms with Crippen LogP contribution in [0.5, 0.6) is 11.5 Å². The molecule has 0 spiro atoms. The van der Waals surface area contributed by atoms with Gasteiger partial charge < -0.3 is 15.2 Å². The third-order valence-corrected chi connectivity index (χ3v) is 2.60. The van der Waals surface area contributed by atoms with Gasteiger partial charge in [0, 0.05) is 11.8 Å². The van der Waals surface area contributed by atoms with Gasteiger partial charge in [-0.15, -0.1) is 0 Å². The van der Waals surface area contributed by atoms with Crippen molar-refractivity contribution in [1.82, 2.24) is 10.3 Å². The van der Waals surface area contributed by atoms with Gasteiger partial charge in [-0.3, -0.25) is 9.78 Å². The van der Waals surface area contributed by atoms with Gasteiger partial charge in [-0.2, -0.15) is 0 Å². The van der Waals surface area contributed by atoms with Crippen LogP contribution < -0.4 is 10.1 Å². The first-order valence-electron chi connectivity index (χ1n) is 5.76. The Morgan fingerprint density at radius 1 is 1.37 bits per heavy atom. The van der Waals surface area contributed by atoms with Crippen molar-refractivity contribution in [3.63, 3.8) is 0 Å². The van der Waals surface area contributed by atoms with E-state index in [1.807, 2.05) is 18.2 Å². The summed E-state index contributed by atoms with van der Waals surface area (Å²) in [6.45, 7) is 0.350. The Balaban J connectivity index is 2.04. The van der Waals surface area contributed by atoms with Crippen LogP contribution in [0, 0.1) is 0 Å². The van der Waals surface area contributed by atoms with E-state index in [1.165, 1.54) is 25.3 Å². The molecule has 2 aromatic rings. The van der Waals surface area contributed by atoms with E-state index in [0.29, 0.717) is 12.1 Å². The molecule has 98 valence electrons. The number of phenols is 1. The largest absolute Gasteiger partial charge is 0.504 e. The quantitative estimate of drug-likeness (QED) is 0.876. The van der Waals surface area contributed by atoms with Gasteiger partial charge in [-0.05, 0) is 30.3 Å². The number of hydrogen-bond donors (Lipinski definition) is 2. The fraction of sp³-hybridized carbons (Fsp3) is 0.143. The van der Waals surface area contributed by atoms with Crippen LogP contribution in [0.3, 0.4) is 0 Å². The molecule has 1 heterocycles. The SMILES string of the molecule is COc1cc(C(=O)NCc2ccccn2)ccc1O. The minimum absolute atomic E-state index is 0.00350. The molecule has 0 radical (unpaired) electrons. The number of benzene rings is 1. The average Bonchev–Trinajstić information content (AvgIpc) is 2.46. The lowest BCUT2D eigenvalue weighted by Crippen LogP contribution is -2.23. The fourth-order valence-electron chi connectivity index (χ4n) is 1.59. The van der Waals surface area contributed by atoms with E-state index in [0.717, 1.165) is 5.69 Å². The van der Waals surface area contributed by atoms with Gasteiger partial charge in [-0.25, -0.2) is 0 Å². The molecule has 0 fully saturated rings. The number of carbonyl (C=O) groups is 1. The van der Waals surface area contributed by atoms with Crippen molar-refractivity contribution in [1.29, 1.82) is 0 Å². The molecule has 0 bridgehead atoms. The number of carbonyl (C=O) groups excluding carboxylic acids is 1. The molecule has 0 unspecified atom stereocenters. The van der Waals surface area contributed by atoms with E-state index in [2.05, 4.69) is 10.3 Å². The summed E-state index contributed by atoms with van der Waals surface area (Å²) in [5.74, 6) is 0.0261. The first-order valence-corrected chi connectivity index (χ1v) is 5.76. The number of hydrogen-bond acceptors (Lipinski definition) is 4.